The van der Waals surface area contributed by atoms with E-state index in [2.05, 4.69) is 12.1 Å². The monoisotopic (exact) mass is 226 g/mol. The van der Waals surface area contributed by atoms with Gasteiger partial charge in [-0.15, -0.1) is 11.8 Å². The summed E-state index contributed by atoms with van der Waals surface area (Å²) in [6.07, 6.45) is 3.19. The maximum atomic E-state index is 8.62. The fourth-order valence-corrected chi connectivity index (χ4v) is 2.17. The van der Waals surface area contributed by atoms with E-state index in [0.717, 1.165) is 30.8 Å². The number of unbranched alkanes of at least 4 members (excludes halogenated alkanes) is 2. The predicted octanol–water partition coefficient (Wildman–Crippen LogP) is 2.95. The minimum Gasteiger partial charge on any atom is -0.497 e. The van der Waals surface area contributed by atoms with Gasteiger partial charge in [0.05, 0.1) is 7.11 Å². The molecule has 0 saturated carbocycles. The van der Waals surface area contributed by atoms with E-state index < -0.39 is 0 Å². The topological polar surface area (TPSA) is 29.5 Å². The van der Waals surface area contributed by atoms with E-state index in [-0.39, 0.29) is 0 Å². The molecule has 0 heterocycles. The lowest BCUT2D eigenvalue weighted by Crippen LogP contribution is -1.85. The molecule has 0 radical (unpaired) electrons. The Kier molecular flexibility index (Phi) is 6.28. The number of aliphatic hydroxyl groups excluding tert-OH is 1. The molecule has 1 aromatic rings. The smallest absolute Gasteiger partial charge is 0.118 e. The van der Waals surface area contributed by atoms with Crippen LogP contribution in [0.3, 0.4) is 0 Å². The maximum absolute atomic E-state index is 8.62. The van der Waals surface area contributed by atoms with Gasteiger partial charge in [0.15, 0.2) is 0 Å². The molecular weight excluding hydrogens is 208 g/mol. The Morgan fingerprint density at radius 3 is 2.47 bits per heavy atom. The van der Waals surface area contributed by atoms with Crippen LogP contribution in [0.2, 0.25) is 0 Å². The molecule has 0 aliphatic rings. The average molecular weight is 226 g/mol. The molecule has 0 bridgehead atoms. The Labute approximate surface area is 95.7 Å². The molecule has 0 atom stereocenters. The Morgan fingerprint density at radius 2 is 1.87 bits per heavy atom. The van der Waals surface area contributed by atoms with Crippen molar-refractivity contribution in [3.63, 3.8) is 0 Å². The molecule has 1 N–H and O–H groups in total. The van der Waals surface area contributed by atoms with Crippen LogP contribution in [0, 0.1) is 0 Å². The quantitative estimate of drug-likeness (QED) is 0.572. The highest BCUT2D eigenvalue weighted by atomic mass is 32.2. The summed E-state index contributed by atoms with van der Waals surface area (Å²) in [5.41, 5.74) is 0. The Hall–Kier alpha value is -0.670. The van der Waals surface area contributed by atoms with Gasteiger partial charge in [-0.3, -0.25) is 0 Å². The van der Waals surface area contributed by atoms with E-state index >= 15 is 0 Å². The first-order valence-corrected chi connectivity index (χ1v) is 6.23. The molecule has 2 nitrogen and oxygen atoms in total. The van der Waals surface area contributed by atoms with Crippen LogP contribution in [0.5, 0.6) is 5.75 Å². The standard InChI is InChI=1S/C12H18O2S/c1-14-11-5-7-12(8-6-11)15-10-4-2-3-9-13/h5-8,13H,2-4,9-10H2,1H3. The van der Waals surface area contributed by atoms with Gasteiger partial charge in [-0.1, -0.05) is 6.42 Å². The van der Waals surface area contributed by atoms with Crippen LogP contribution in [0.15, 0.2) is 29.2 Å². The van der Waals surface area contributed by atoms with Crippen molar-refractivity contribution >= 4 is 11.8 Å². The minimum absolute atomic E-state index is 0.313. The molecule has 0 aliphatic heterocycles. The van der Waals surface area contributed by atoms with Crippen LogP contribution in [-0.4, -0.2) is 24.6 Å². The molecule has 1 aromatic carbocycles. The van der Waals surface area contributed by atoms with Gasteiger partial charge in [-0.25, -0.2) is 0 Å². The van der Waals surface area contributed by atoms with Crippen LogP contribution < -0.4 is 4.74 Å². The van der Waals surface area contributed by atoms with Gasteiger partial charge < -0.3 is 9.84 Å². The summed E-state index contributed by atoms with van der Waals surface area (Å²) < 4.78 is 5.09. The van der Waals surface area contributed by atoms with Gasteiger partial charge in [-0.2, -0.15) is 0 Å². The Balaban J connectivity index is 2.20. The van der Waals surface area contributed by atoms with Gasteiger partial charge in [0.2, 0.25) is 0 Å². The summed E-state index contributed by atoms with van der Waals surface area (Å²) in [4.78, 5) is 1.28. The lowest BCUT2D eigenvalue weighted by Gasteiger charge is -2.03. The number of ether oxygens (including phenoxy) is 1. The van der Waals surface area contributed by atoms with Gasteiger partial charge in [0.25, 0.3) is 0 Å². The molecule has 0 saturated heterocycles. The number of hydrogen-bond acceptors (Lipinski definition) is 3. The third-order valence-electron chi connectivity index (χ3n) is 2.13. The number of benzene rings is 1. The Morgan fingerprint density at radius 1 is 1.13 bits per heavy atom. The molecule has 0 aliphatic carbocycles. The maximum Gasteiger partial charge on any atom is 0.118 e. The van der Waals surface area contributed by atoms with Crippen molar-refractivity contribution in [2.45, 2.75) is 24.2 Å². The highest BCUT2D eigenvalue weighted by Crippen LogP contribution is 2.22. The first kappa shape index (κ1) is 12.4. The molecule has 3 heteroatoms. The molecule has 0 spiro atoms. The van der Waals surface area contributed by atoms with E-state index in [4.69, 9.17) is 9.84 Å². The van der Waals surface area contributed by atoms with Gasteiger partial charge in [0.1, 0.15) is 5.75 Å². The molecule has 0 aromatic heterocycles. The van der Waals surface area contributed by atoms with Crippen molar-refractivity contribution in [2.75, 3.05) is 19.5 Å². The van der Waals surface area contributed by atoms with Gasteiger partial charge >= 0.3 is 0 Å². The van der Waals surface area contributed by atoms with Crippen LogP contribution in [-0.2, 0) is 0 Å². The lowest BCUT2D eigenvalue weighted by atomic mass is 10.3. The molecule has 1 rings (SSSR count). The number of methoxy groups -OCH3 is 1. The van der Waals surface area contributed by atoms with Crippen molar-refractivity contribution in [1.29, 1.82) is 0 Å². The lowest BCUT2D eigenvalue weighted by molar-refractivity contribution is 0.284. The summed E-state index contributed by atoms with van der Waals surface area (Å²) in [5.74, 6) is 2.02. The van der Waals surface area contributed by atoms with Crippen molar-refractivity contribution in [3.8, 4) is 5.75 Å². The van der Waals surface area contributed by atoms with Crippen molar-refractivity contribution in [2.24, 2.45) is 0 Å². The summed E-state index contributed by atoms with van der Waals surface area (Å²) in [6, 6.07) is 8.12. The second-order valence-electron chi connectivity index (χ2n) is 3.31. The fourth-order valence-electron chi connectivity index (χ4n) is 1.25. The predicted molar refractivity (Wildman–Crippen MR) is 64.7 cm³/mol. The highest BCUT2D eigenvalue weighted by Gasteiger charge is 1.95. The molecule has 0 fully saturated rings. The second kappa shape index (κ2) is 7.60. The fraction of sp³-hybridized carbons (Fsp3) is 0.500. The van der Waals surface area contributed by atoms with E-state index in [1.165, 1.54) is 4.90 Å². The number of aliphatic hydroxyl groups is 1. The third kappa shape index (κ3) is 5.09. The SMILES string of the molecule is COc1ccc(SCCCCCO)cc1. The van der Waals surface area contributed by atoms with Crippen LogP contribution in [0.1, 0.15) is 19.3 Å². The molecule has 84 valence electrons. The Bertz CT molecular complexity index is 259. The summed E-state index contributed by atoms with van der Waals surface area (Å²) in [7, 11) is 1.68. The number of rotatable bonds is 7. The van der Waals surface area contributed by atoms with E-state index in [9.17, 15) is 0 Å². The number of hydrogen-bond donors (Lipinski definition) is 1. The molecule has 15 heavy (non-hydrogen) atoms. The molecule has 0 amide bonds. The van der Waals surface area contributed by atoms with E-state index in [1.807, 2.05) is 23.9 Å². The zero-order valence-electron chi connectivity index (χ0n) is 9.11. The van der Waals surface area contributed by atoms with Crippen LogP contribution >= 0.6 is 11.8 Å². The summed E-state index contributed by atoms with van der Waals surface area (Å²) >= 11 is 1.85. The third-order valence-corrected chi connectivity index (χ3v) is 3.23. The zero-order valence-corrected chi connectivity index (χ0v) is 9.93. The summed E-state index contributed by atoms with van der Waals surface area (Å²) in [5, 5.41) is 8.62. The number of thioether (sulfide) groups is 1. The van der Waals surface area contributed by atoms with Gasteiger partial charge in [-0.05, 0) is 42.9 Å². The normalized spacial score (nSPS) is 10.3. The molecular formula is C12H18O2S. The van der Waals surface area contributed by atoms with E-state index in [1.54, 1.807) is 7.11 Å². The summed E-state index contributed by atoms with van der Waals surface area (Å²) in [6.45, 7) is 0.313. The second-order valence-corrected chi connectivity index (χ2v) is 4.48. The molecule has 0 unspecified atom stereocenters. The van der Waals surface area contributed by atoms with Crippen molar-refractivity contribution in [3.05, 3.63) is 24.3 Å². The van der Waals surface area contributed by atoms with Crippen molar-refractivity contribution < 1.29 is 9.84 Å². The van der Waals surface area contributed by atoms with Crippen molar-refractivity contribution in [1.82, 2.24) is 0 Å². The first-order chi connectivity index (χ1) is 7.36. The van der Waals surface area contributed by atoms with E-state index in [0.29, 0.717) is 6.61 Å². The minimum atomic E-state index is 0.313. The first-order valence-electron chi connectivity index (χ1n) is 5.24. The van der Waals surface area contributed by atoms with Gasteiger partial charge in [0, 0.05) is 11.5 Å². The largest absolute Gasteiger partial charge is 0.497 e. The van der Waals surface area contributed by atoms with Crippen LogP contribution in [0.4, 0.5) is 0 Å². The zero-order chi connectivity index (χ0) is 10.9. The average Bonchev–Trinajstić information content (AvgIpc) is 2.30. The highest BCUT2D eigenvalue weighted by molar-refractivity contribution is 7.99. The van der Waals surface area contributed by atoms with Crippen LogP contribution in [0.25, 0.3) is 0 Å².